The lowest BCUT2D eigenvalue weighted by Crippen LogP contribution is -1.61. The van der Waals surface area contributed by atoms with Gasteiger partial charge in [0.1, 0.15) is 0 Å². The van der Waals surface area contributed by atoms with Crippen molar-refractivity contribution in [2.24, 2.45) is 0 Å². The summed E-state index contributed by atoms with van der Waals surface area (Å²) in [4.78, 5) is 0. The molecule has 1 heteroatoms. The zero-order chi connectivity index (χ0) is 4.12. The molecule has 0 unspecified atom stereocenters. The molecule has 0 aliphatic carbocycles. The second-order valence-corrected chi connectivity index (χ2v) is 1.08. The van der Waals surface area contributed by atoms with E-state index in [1.807, 2.05) is 0 Å². The molecule has 0 atom stereocenters. The third-order valence-corrected chi connectivity index (χ3v) is 0.520. The molecule has 0 bridgehead atoms. The topological polar surface area (TPSA) is 0 Å². The Morgan fingerprint density at radius 1 is 1.80 bits per heavy atom. The molecule has 0 nitrogen and oxygen atoms in total. The van der Waals surface area contributed by atoms with Crippen LogP contribution in [-0.4, -0.2) is 5.37 Å². The summed E-state index contributed by atoms with van der Waals surface area (Å²) < 4.78 is 0. The fraction of sp³-hybridized carbons (Fsp3) is 0.500. The standard InChI is InChI=1S/C4H6S/c1-2-3-4-5/h1,4H,2-3H2. The van der Waals surface area contributed by atoms with E-state index in [9.17, 15) is 0 Å². The van der Waals surface area contributed by atoms with Crippen molar-refractivity contribution in [1.29, 1.82) is 0 Å². The first-order chi connectivity index (χ1) is 2.41. The molecule has 0 aliphatic heterocycles. The maximum atomic E-state index is 5.04. The Bertz CT molecular complexity index is 24.8. The fourth-order valence-corrected chi connectivity index (χ4v) is 0.204. The van der Waals surface area contributed by atoms with E-state index >= 15 is 0 Å². The normalized spacial score (nSPS) is 7.40. The van der Waals surface area contributed by atoms with Gasteiger partial charge in [0.25, 0.3) is 0 Å². The average molecular weight is 86.2 g/mol. The highest BCUT2D eigenvalue weighted by Crippen LogP contribution is 1.76. The van der Waals surface area contributed by atoms with Gasteiger partial charge in [0.05, 0.1) is 0 Å². The van der Waals surface area contributed by atoms with E-state index in [0.717, 1.165) is 6.42 Å². The summed E-state index contributed by atoms with van der Waals surface area (Å²) >= 11 is 4.45. The van der Waals surface area contributed by atoms with Gasteiger partial charge in [-0.1, -0.05) is 12.2 Å². The van der Waals surface area contributed by atoms with Crippen LogP contribution >= 0.6 is 12.2 Å². The highest BCUT2D eigenvalue weighted by atomic mass is 32.1. The summed E-state index contributed by atoms with van der Waals surface area (Å²) in [5.41, 5.74) is 0. The highest BCUT2D eigenvalue weighted by Gasteiger charge is 1.64. The van der Waals surface area contributed by atoms with Crippen molar-refractivity contribution in [3.63, 3.8) is 0 Å². The van der Waals surface area contributed by atoms with Gasteiger partial charge in [-0.05, 0) is 25.1 Å². The first kappa shape index (κ1) is 5.09. The van der Waals surface area contributed by atoms with E-state index in [2.05, 4.69) is 12.2 Å². The summed E-state index contributed by atoms with van der Waals surface area (Å²) in [6.07, 6.45) is 1.54. The molecule has 0 fully saturated rings. The van der Waals surface area contributed by atoms with E-state index in [4.69, 9.17) is 6.92 Å². The van der Waals surface area contributed by atoms with Gasteiger partial charge in [0.15, 0.2) is 0 Å². The molecule has 0 aromatic heterocycles. The first-order valence-corrected chi connectivity index (χ1v) is 2.02. The maximum absolute atomic E-state index is 5.04. The Hall–Kier alpha value is 0.0900. The Balaban J connectivity index is 2.40. The second-order valence-electron chi connectivity index (χ2n) is 0.744. The summed E-state index contributed by atoms with van der Waals surface area (Å²) in [5, 5.41) is 1.64. The average Bonchev–Trinajstić information content (AvgIpc) is 1.41. The van der Waals surface area contributed by atoms with Crippen LogP contribution in [0, 0.1) is 6.92 Å². The summed E-state index contributed by atoms with van der Waals surface area (Å²) in [6.45, 7) is 5.04. The van der Waals surface area contributed by atoms with Crippen LogP contribution in [0.3, 0.4) is 0 Å². The number of hydrogen-bond acceptors (Lipinski definition) is 1. The van der Waals surface area contributed by atoms with Gasteiger partial charge in [-0.25, -0.2) is 0 Å². The van der Waals surface area contributed by atoms with Crippen molar-refractivity contribution in [2.45, 2.75) is 12.8 Å². The lowest BCUT2D eigenvalue weighted by Gasteiger charge is -1.70. The van der Waals surface area contributed by atoms with Crippen LogP contribution in [0.25, 0.3) is 0 Å². The quantitative estimate of drug-likeness (QED) is 0.459. The van der Waals surface area contributed by atoms with Gasteiger partial charge < -0.3 is 0 Å². The third-order valence-electron chi connectivity index (χ3n) is 0.285. The van der Waals surface area contributed by atoms with Crippen LogP contribution in [0.4, 0.5) is 0 Å². The lowest BCUT2D eigenvalue weighted by molar-refractivity contribution is 1.13. The Morgan fingerprint density at radius 3 is 2.40 bits per heavy atom. The molecule has 0 saturated heterocycles. The molecular weight excluding hydrogens is 80.1 g/mol. The molecule has 0 spiro atoms. The van der Waals surface area contributed by atoms with Crippen LogP contribution in [-0.2, 0) is 0 Å². The number of thiocarbonyl (C=S) groups is 1. The van der Waals surface area contributed by atoms with Gasteiger partial charge in [-0.2, -0.15) is 0 Å². The summed E-state index contributed by atoms with van der Waals surface area (Å²) in [7, 11) is 0. The predicted molar refractivity (Wildman–Crippen MR) is 27.2 cm³/mol. The van der Waals surface area contributed by atoms with Crippen LogP contribution < -0.4 is 0 Å². The summed E-state index contributed by atoms with van der Waals surface area (Å²) in [5.74, 6) is 0. The number of hydrogen-bond donors (Lipinski definition) is 0. The molecule has 5 heavy (non-hydrogen) atoms. The molecule has 0 heterocycles. The fourth-order valence-electron chi connectivity index (χ4n) is 0.0680. The minimum Gasteiger partial charge on any atom is -0.0935 e. The minimum absolute atomic E-state index is 0.684. The molecule has 0 rings (SSSR count). The van der Waals surface area contributed by atoms with E-state index < -0.39 is 0 Å². The predicted octanol–water partition coefficient (Wildman–Crippen LogP) is 1.48. The van der Waals surface area contributed by atoms with Crippen LogP contribution in [0.15, 0.2) is 0 Å². The van der Waals surface area contributed by atoms with E-state index in [-0.39, 0.29) is 0 Å². The molecule has 0 N–H and O–H groups in total. The second kappa shape index (κ2) is 4.09. The van der Waals surface area contributed by atoms with Gasteiger partial charge in [-0.3, -0.25) is 0 Å². The van der Waals surface area contributed by atoms with E-state index in [1.165, 1.54) is 0 Å². The monoisotopic (exact) mass is 86.0 g/mol. The van der Waals surface area contributed by atoms with Crippen molar-refractivity contribution >= 4 is 17.6 Å². The lowest BCUT2D eigenvalue weighted by atomic mass is 10.4. The Labute approximate surface area is 38.2 Å². The molecule has 0 amide bonds. The first-order valence-electron chi connectivity index (χ1n) is 1.55. The molecule has 0 aromatic rings. The van der Waals surface area contributed by atoms with Gasteiger partial charge in [-0.15, -0.1) is 0 Å². The van der Waals surface area contributed by atoms with Gasteiger partial charge >= 0.3 is 0 Å². The van der Waals surface area contributed by atoms with Crippen molar-refractivity contribution in [2.75, 3.05) is 0 Å². The molecular formula is C4H6S. The summed E-state index contributed by atoms with van der Waals surface area (Å²) in [6, 6.07) is 0. The molecule has 2 radical (unpaired) electrons. The maximum Gasteiger partial charge on any atom is -0.0210 e. The number of rotatable bonds is 2. The largest absolute Gasteiger partial charge is 0.0935 e. The van der Waals surface area contributed by atoms with E-state index in [1.54, 1.807) is 5.37 Å². The zero-order valence-electron chi connectivity index (χ0n) is 2.98. The molecule has 0 aromatic carbocycles. The highest BCUT2D eigenvalue weighted by molar-refractivity contribution is 7.78. The van der Waals surface area contributed by atoms with Crippen molar-refractivity contribution in [3.05, 3.63) is 6.92 Å². The Morgan fingerprint density at radius 2 is 2.40 bits per heavy atom. The van der Waals surface area contributed by atoms with Gasteiger partial charge in [0, 0.05) is 0 Å². The minimum atomic E-state index is 0.684. The van der Waals surface area contributed by atoms with Crippen molar-refractivity contribution in [3.8, 4) is 0 Å². The zero-order valence-corrected chi connectivity index (χ0v) is 3.79. The van der Waals surface area contributed by atoms with Crippen molar-refractivity contribution in [1.82, 2.24) is 0 Å². The SMILES string of the molecule is [CH]CCC=S. The Kier molecular flexibility index (Phi) is 4.16. The van der Waals surface area contributed by atoms with Crippen LogP contribution in [0.5, 0.6) is 0 Å². The molecule has 0 aliphatic rings. The third kappa shape index (κ3) is 4.09. The molecule has 28 valence electrons. The van der Waals surface area contributed by atoms with Crippen molar-refractivity contribution < 1.29 is 0 Å². The van der Waals surface area contributed by atoms with Gasteiger partial charge in [0.2, 0.25) is 0 Å². The smallest absolute Gasteiger partial charge is 0.0210 e. The van der Waals surface area contributed by atoms with Crippen LogP contribution in [0.1, 0.15) is 12.8 Å². The molecule has 0 saturated carbocycles. The van der Waals surface area contributed by atoms with Crippen LogP contribution in [0.2, 0.25) is 0 Å². The van der Waals surface area contributed by atoms with E-state index in [0.29, 0.717) is 6.42 Å². The number of unbranched alkanes of at least 4 members (excludes halogenated alkanes) is 1.